The summed E-state index contributed by atoms with van der Waals surface area (Å²) in [6, 6.07) is 7.13. The Morgan fingerprint density at radius 3 is 2.58 bits per heavy atom. The average molecular weight is 457 g/mol. The number of halogens is 1. The molecule has 0 aliphatic carbocycles. The number of benzene rings is 1. The first-order valence-electron chi connectivity index (χ1n) is 10.3. The third-order valence-corrected chi connectivity index (χ3v) is 6.26. The number of aromatic nitrogens is 3. The van der Waals surface area contributed by atoms with Crippen molar-refractivity contribution in [2.24, 2.45) is 4.99 Å². The number of hydrogen-bond acceptors (Lipinski definition) is 6. The van der Waals surface area contributed by atoms with Crippen molar-refractivity contribution in [2.45, 2.75) is 59.1 Å². The number of rotatable bonds is 4. The van der Waals surface area contributed by atoms with Gasteiger partial charge in [0.15, 0.2) is 5.82 Å². The van der Waals surface area contributed by atoms with Crippen molar-refractivity contribution in [1.29, 1.82) is 0 Å². The van der Waals surface area contributed by atoms with Crippen LogP contribution < -0.4 is 0 Å². The third-order valence-electron chi connectivity index (χ3n) is 5.00. The fourth-order valence-electron chi connectivity index (χ4n) is 3.69. The van der Waals surface area contributed by atoms with Gasteiger partial charge in [0.05, 0.1) is 12.1 Å². The summed E-state index contributed by atoms with van der Waals surface area (Å²) in [5.74, 6) is 1.10. The van der Waals surface area contributed by atoms with Crippen LogP contribution in [0.3, 0.4) is 0 Å². The number of thiophene rings is 1. The summed E-state index contributed by atoms with van der Waals surface area (Å²) in [4.78, 5) is 17.8. The first-order chi connectivity index (χ1) is 14.7. The van der Waals surface area contributed by atoms with E-state index in [9.17, 15) is 4.79 Å². The van der Waals surface area contributed by atoms with Gasteiger partial charge in [-0.25, -0.2) is 0 Å². The molecule has 4 rings (SSSR count). The van der Waals surface area contributed by atoms with Crippen LogP contribution in [0.4, 0.5) is 0 Å². The summed E-state index contributed by atoms with van der Waals surface area (Å²) in [7, 11) is 0. The highest BCUT2D eigenvalue weighted by molar-refractivity contribution is 7.13. The number of nitrogens with zero attached hydrogens (tertiary/aromatic N) is 4. The van der Waals surface area contributed by atoms with Crippen molar-refractivity contribution in [1.82, 2.24) is 14.8 Å². The Morgan fingerprint density at radius 2 is 1.94 bits per heavy atom. The minimum absolute atomic E-state index is 0.0862. The van der Waals surface area contributed by atoms with Gasteiger partial charge in [-0.05, 0) is 57.2 Å². The van der Waals surface area contributed by atoms with Gasteiger partial charge in [-0.15, -0.1) is 21.5 Å². The summed E-state index contributed by atoms with van der Waals surface area (Å²) in [6.07, 6.45) is 0.953. The Labute approximate surface area is 190 Å². The minimum atomic E-state index is -0.567. The van der Waals surface area contributed by atoms with Crippen LogP contribution >= 0.6 is 22.9 Å². The molecule has 0 unspecified atom stereocenters. The molecule has 0 saturated heterocycles. The maximum Gasteiger partial charge on any atom is 0.308 e. The molecule has 0 bridgehead atoms. The molecular formula is C23H25ClN4O2S. The van der Waals surface area contributed by atoms with E-state index >= 15 is 0 Å². The van der Waals surface area contributed by atoms with Crippen LogP contribution in [-0.2, 0) is 16.0 Å². The second-order valence-corrected chi connectivity index (χ2v) is 9.82. The first kappa shape index (κ1) is 21.7. The maximum atomic E-state index is 12.7. The summed E-state index contributed by atoms with van der Waals surface area (Å²) in [5.41, 5.74) is 3.48. The van der Waals surface area contributed by atoms with Gasteiger partial charge >= 0.3 is 5.97 Å². The zero-order valence-electron chi connectivity index (χ0n) is 18.3. The number of hydrogen-bond donors (Lipinski definition) is 0. The summed E-state index contributed by atoms with van der Waals surface area (Å²) in [5, 5.41) is 12.6. The molecule has 1 aliphatic rings. The Bertz CT molecular complexity index is 1160. The Morgan fingerprint density at radius 1 is 1.23 bits per heavy atom. The molecule has 1 aliphatic heterocycles. The van der Waals surface area contributed by atoms with E-state index in [0.29, 0.717) is 10.8 Å². The lowest BCUT2D eigenvalue weighted by atomic mass is 9.99. The summed E-state index contributed by atoms with van der Waals surface area (Å²) in [6.45, 7) is 9.63. The zero-order valence-corrected chi connectivity index (χ0v) is 19.8. The smallest absolute Gasteiger partial charge is 0.308 e. The number of esters is 1. The maximum absolute atomic E-state index is 12.7. The molecule has 0 radical (unpaired) electrons. The lowest BCUT2D eigenvalue weighted by molar-refractivity contribution is -0.155. The van der Waals surface area contributed by atoms with Gasteiger partial charge in [0.2, 0.25) is 0 Å². The Kier molecular flexibility index (Phi) is 5.75. The molecule has 2 aromatic heterocycles. The average Bonchev–Trinajstić information content (AvgIpc) is 3.24. The number of aliphatic imine (C=N–C) groups is 1. The molecule has 0 spiro atoms. The van der Waals surface area contributed by atoms with Gasteiger partial charge in [-0.1, -0.05) is 30.7 Å². The topological polar surface area (TPSA) is 69.4 Å². The first-order valence-corrected chi connectivity index (χ1v) is 11.5. The largest absolute Gasteiger partial charge is 0.460 e. The standard InChI is InChI=1S/C23H25ClN4O2S/c1-6-14-12-31-22-19(14)20(15-7-9-16(24)10-8-15)25-17(11-18(29)30-23(3,4)5)21-27-26-13(2)28(21)22/h7-10,12,17H,6,11H2,1-5H3/t17-/m0/s1. The molecule has 0 amide bonds. The zero-order chi connectivity index (χ0) is 22.3. The fraction of sp³-hybridized carbons (Fsp3) is 0.391. The summed E-state index contributed by atoms with van der Waals surface area (Å²) < 4.78 is 7.61. The van der Waals surface area contributed by atoms with Crippen LogP contribution in [0.1, 0.15) is 68.5 Å². The predicted molar refractivity (Wildman–Crippen MR) is 124 cm³/mol. The van der Waals surface area contributed by atoms with E-state index in [0.717, 1.165) is 34.1 Å². The third kappa shape index (κ3) is 4.29. The monoisotopic (exact) mass is 456 g/mol. The quantitative estimate of drug-likeness (QED) is 0.487. The molecule has 31 heavy (non-hydrogen) atoms. The molecule has 6 nitrogen and oxygen atoms in total. The molecule has 8 heteroatoms. The van der Waals surface area contributed by atoms with Crippen LogP contribution in [-0.4, -0.2) is 32.0 Å². The van der Waals surface area contributed by atoms with Crippen molar-refractivity contribution in [3.63, 3.8) is 0 Å². The van der Waals surface area contributed by atoms with Crippen molar-refractivity contribution >= 4 is 34.6 Å². The van der Waals surface area contributed by atoms with E-state index in [1.54, 1.807) is 11.3 Å². The number of carbonyl (C=O) groups excluding carboxylic acids is 1. The molecule has 0 saturated carbocycles. The second-order valence-electron chi connectivity index (χ2n) is 8.53. The van der Waals surface area contributed by atoms with Crippen molar-refractivity contribution in [3.05, 3.63) is 63.0 Å². The predicted octanol–water partition coefficient (Wildman–Crippen LogP) is 5.48. The van der Waals surface area contributed by atoms with Crippen LogP contribution in [0.25, 0.3) is 5.00 Å². The molecule has 1 aromatic carbocycles. The lowest BCUT2D eigenvalue weighted by Gasteiger charge is -2.21. The van der Waals surface area contributed by atoms with E-state index in [2.05, 4.69) is 22.5 Å². The Hall–Kier alpha value is -2.51. The van der Waals surface area contributed by atoms with Crippen molar-refractivity contribution in [2.75, 3.05) is 0 Å². The van der Waals surface area contributed by atoms with Gasteiger partial charge in [0.25, 0.3) is 0 Å². The van der Waals surface area contributed by atoms with Gasteiger partial charge in [0, 0.05) is 16.1 Å². The van der Waals surface area contributed by atoms with Crippen LogP contribution in [0.15, 0.2) is 34.6 Å². The van der Waals surface area contributed by atoms with Gasteiger partial charge in [0.1, 0.15) is 22.5 Å². The lowest BCUT2D eigenvalue weighted by Crippen LogP contribution is -2.25. The van der Waals surface area contributed by atoms with Crippen LogP contribution in [0.2, 0.25) is 5.02 Å². The highest BCUT2D eigenvalue weighted by Gasteiger charge is 2.33. The minimum Gasteiger partial charge on any atom is -0.460 e. The number of ether oxygens (including phenoxy) is 1. The highest BCUT2D eigenvalue weighted by atomic mass is 35.5. The fourth-order valence-corrected chi connectivity index (χ4v) is 5.03. The van der Waals surface area contributed by atoms with Gasteiger partial charge < -0.3 is 4.74 Å². The number of aryl methyl sites for hydroxylation is 2. The number of carbonyl (C=O) groups is 1. The van der Waals surface area contributed by atoms with Gasteiger partial charge in [-0.2, -0.15) is 0 Å². The van der Waals surface area contributed by atoms with Gasteiger partial charge in [-0.3, -0.25) is 14.4 Å². The van der Waals surface area contributed by atoms with E-state index in [1.807, 2.05) is 56.5 Å². The molecule has 3 aromatic rings. The molecule has 162 valence electrons. The molecule has 3 heterocycles. The molecular weight excluding hydrogens is 432 g/mol. The SMILES string of the molecule is CCc1csc2c1C(c1ccc(Cl)cc1)=N[C@@H](CC(=O)OC(C)(C)C)c1nnc(C)n1-2. The molecule has 1 atom stereocenters. The highest BCUT2D eigenvalue weighted by Crippen LogP contribution is 2.38. The van der Waals surface area contributed by atoms with Crippen molar-refractivity contribution < 1.29 is 9.53 Å². The van der Waals surface area contributed by atoms with E-state index < -0.39 is 11.6 Å². The van der Waals surface area contributed by atoms with Crippen LogP contribution in [0.5, 0.6) is 0 Å². The van der Waals surface area contributed by atoms with E-state index in [1.165, 1.54) is 5.56 Å². The normalized spacial score (nSPS) is 15.7. The second kappa shape index (κ2) is 8.20. The van der Waals surface area contributed by atoms with Crippen molar-refractivity contribution in [3.8, 4) is 5.00 Å². The molecule has 0 N–H and O–H groups in total. The number of fused-ring (bicyclic) bond motifs is 3. The summed E-state index contributed by atoms with van der Waals surface area (Å²) >= 11 is 7.78. The molecule has 0 fully saturated rings. The van der Waals surface area contributed by atoms with E-state index in [4.69, 9.17) is 21.3 Å². The van der Waals surface area contributed by atoms with E-state index in [-0.39, 0.29) is 12.4 Å². The van der Waals surface area contributed by atoms with Crippen LogP contribution in [0, 0.1) is 6.92 Å². The Balaban J connectivity index is 1.90.